The molecule has 1 aromatic rings. The molecule has 0 amide bonds. The fraction of sp³-hybridized carbons (Fsp3) is 0.333. The summed E-state index contributed by atoms with van der Waals surface area (Å²) in [5, 5.41) is 17.8. The standard InChI is InChI=1S/C9H12O2S/c1-7-6-8(12-5-4-10)2-3-9(7)11/h2-3,6,10-11H,4-5H2,1H3. The third-order valence-corrected chi connectivity index (χ3v) is 2.50. The van der Waals surface area contributed by atoms with E-state index in [9.17, 15) is 5.11 Å². The lowest BCUT2D eigenvalue weighted by Crippen LogP contribution is -1.85. The molecule has 0 bridgehead atoms. The lowest BCUT2D eigenvalue weighted by atomic mass is 10.2. The zero-order valence-corrected chi connectivity index (χ0v) is 7.77. The van der Waals surface area contributed by atoms with Crippen molar-refractivity contribution in [2.75, 3.05) is 12.4 Å². The van der Waals surface area contributed by atoms with Crippen LogP contribution in [0.25, 0.3) is 0 Å². The Hall–Kier alpha value is -0.670. The average molecular weight is 184 g/mol. The number of phenolic OH excluding ortho intramolecular Hbond substituents is 1. The van der Waals surface area contributed by atoms with E-state index in [1.54, 1.807) is 17.8 Å². The molecule has 0 heterocycles. The normalized spacial score (nSPS) is 10.2. The van der Waals surface area contributed by atoms with Crippen LogP contribution in [-0.2, 0) is 0 Å². The van der Waals surface area contributed by atoms with E-state index in [0.717, 1.165) is 10.5 Å². The second kappa shape index (κ2) is 4.38. The van der Waals surface area contributed by atoms with Gasteiger partial charge in [-0.05, 0) is 30.7 Å². The van der Waals surface area contributed by atoms with Crippen molar-refractivity contribution in [2.45, 2.75) is 11.8 Å². The van der Waals surface area contributed by atoms with Crippen molar-refractivity contribution in [2.24, 2.45) is 0 Å². The summed E-state index contributed by atoms with van der Waals surface area (Å²) in [6.45, 7) is 2.04. The number of thioether (sulfide) groups is 1. The number of benzene rings is 1. The SMILES string of the molecule is Cc1cc(SCCO)ccc1O. The topological polar surface area (TPSA) is 40.5 Å². The summed E-state index contributed by atoms with van der Waals surface area (Å²) in [5.74, 6) is 1.02. The molecule has 3 heteroatoms. The number of aryl methyl sites for hydroxylation is 1. The Morgan fingerprint density at radius 2 is 2.17 bits per heavy atom. The molecule has 1 rings (SSSR count). The summed E-state index contributed by atoms with van der Waals surface area (Å²) in [5.41, 5.74) is 0.873. The maximum absolute atomic E-state index is 9.21. The van der Waals surface area contributed by atoms with Gasteiger partial charge in [-0.3, -0.25) is 0 Å². The molecular formula is C9H12O2S. The van der Waals surface area contributed by atoms with E-state index in [2.05, 4.69) is 0 Å². The largest absolute Gasteiger partial charge is 0.508 e. The highest BCUT2D eigenvalue weighted by molar-refractivity contribution is 7.99. The van der Waals surface area contributed by atoms with Gasteiger partial charge < -0.3 is 10.2 Å². The summed E-state index contributed by atoms with van der Waals surface area (Å²) in [7, 11) is 0. The summed E-state index contributed by atoms with van der Waals surface area (Å²) in [6.07, 6.45) is 0. The Balaban J connectivity index is 2.69. The maximum atomic E-state index is 9.21. The molecule has 0 fully saturated rings. The minimum Gasteiger partial charge on any atom is -0.508 e. The predicted molar refractivity (Wildman–Crippen MR) is 50.7 cm³/mol. The molecule has 0 unspecified atom stereocenters. The Morgan fingerprint density at radius 1 is 1.42 bits per heavy atom. The quantitative estimate of drug-likeness (QED) is 0.703. The second-order valence-electron chi connectivity index (χ2n) is 2.52. The molecule has 0 saturated carbocycles. The molecule has 0 spiro atoms. The van der Waals surface area contributed by atoms with E-state index >= 15 is 0 Å². The van der Waals surface area contributed by atoms with Crippen molar-refractivity contribution in [1.29, 1.82) is 0 Å². The molecule has 0 saturated heterocycles. The van der Waals surface area contributed by atoms with Gasteiger partial charge in [-0.2, -0.15) is 0 Å². The monoisotopic (exact) mass is 184 g/mol. The van der Waals surface area contributed by atoms with Gasteiger partial charge in [0, 0.05) is 10.6 Å². The molecule has 12 heavy (non-hydrogen) atoms. The zero-order valence-electron chi connectivity index (χ0n) is 6.95. The fourth-order valence-electron chi connectivity index (χ4n) is 0.881. The molecule has 0 radical (unpaired) electrons. The molecule has 0 aliphatic rings. The molecule has 0 aliphatic carbocycles. The smallest absolute Gasteiger partial charge is 0.118 e. The van der Waals surface area contributed by atoms with E-state index < -0.39 is 0 Å². The molecular weight excluding hydrogens is 172 g/mol. The van der Waals surface area contributed by atoms with Crippen LogP contribution in [0.4, 0.5) is 0 Å². The summed E-state index contributed by atoms with van der Waals surface area (Å²) in [4.78, 5) is 1.08. The maximum Gasteiger partial charge on any atom is 0.118 e. The molecule has 0 atom stereocenters. The van der Waals surface area contributed by atoms with Crippen molar-refractivity contribution in [3.8, 4) is 5.75 Å². The van der Waals surface area contributed by atoms with Gasteiger partial charge >= 0.3 is 0 Å². The minimum absolute atomic E-state index is 0.185. The van der Waals surface area contributed by atoms with Gasteiger partial charge in [0.05, 0.1) is 6.61 Å². The number of aliphatic hydroxyl groups excluding tert-OH is 1. The van der Waals surface area contributed by atoms with Gasteiger partial charge in [0.25, 0.3) is 0 Å². The van der Waals surface area contributed by atoms with Gasteiger partial charge in [-0.15, -0.1) is 11.8 Å². The lowest BCUT2D eigenvalue weighted by Gasteiger charge is -2.02. The van der Waals surface area contributed by atoms with E-state index in [1.807, 2.05) is 19.1 Å². The highest BCUT2D eigenvalue weighted by atomic mass is 32.2. The van der Waals surface area contributed by atoms with Gasteiger partial charge in [0.15, 0.2) is 0 Å². The predicted octanol–water partition coefficient (Wildman–Crippen LogP) is 1.79. The van der Waals surface area contributed by atoms with E-state index in [-0.39, 0.29) is 6.61 Å². The molecule has 0 aliphatic heterocycles. The lowest BCUT2D eigenvalue weighted by molar-refractivity contribution is 0.322. The fourth-order valence-corrected chi connectivity index (χ4v) is 1.63. The Morgan fingerprint density at radius 3 is 2.75 bits per heavy atom. The van der Waals surface area contributed by atoms with Crippen molar-refractivity contribution in [1.82, 2.24) is 0 Å². The van der Waals surface area contributed by atoms with Gasteiger partial charge in [0.1, 0.15) is 5.75 Å². The third kappa shape index (κ3) is 2.43. The van der Waals surface area contributed by atoms with E-state index in [0.29, 0.717) is 11.5 Å². The number of aromatic hydroxyl groups is 1. The Kier molecular flexibility index (Phi) is 3.44. The zero-order chi connectivity index (χ0) is 8.97. The molecule has 0 aromatic heterocycles. The van der Waals surface area contributed by atoms with Crippen molar-refractivity contribution in [3.05, 3.63) is 23.8 Å². The second-order valence-corrected chi connectivity index (χ2v) is 3.69. The summed E-state index contributed by atoms with van der Waals surface area (Å²) < 4.78 is 0. The van der Waals surface area contributed by atoms with Crippen molar-refractivity contribution in [3.63, 3.8) is 0 Å². The third-order valence-electron chi connectivity index (χ3n) is 1.53. The Labute approximate surface area is 76.2 Å². The van der Waals surface area contributed by atoms with E-state index in [4.69, 9.17) is 5.11 Å². The minimum atomic E-state index is 0.185. The first-order valence-electron chi connectivity index (χ1n) is 3.77. The number of hydrogen-bond acceptors (Lipinski definition) is 3. The van der Waals surface area contributed by atoms with Crippen LogP contribution in [0.15, 0.2) is 23.1 Å². The van der Waals surface area contributed by atoms with Crippen LogP contribution in [-0.4, -0.2) is 22.6 Å². The van der Waals surface area contributed by atoms with Crippen LogP contribution in [0.5, 0.6) is 5.75 Å². The van der Waals surface area contributed by atoms with E-state index in [1.165, 1.54) is 0 Å². The van der Waals surface area contributed by atoms with Crippen LogP contribution < -0.4 is 0 Å². The van der Waals surface area contributed by atoms with Crippen molar-refractivity contribution >= 4 is 11.8 Å². The highest BCUT2D eigenvalue weighted by Gasteiger charge is 1.97. The number of phenols is 1. The molecule has 2 nitrogen and oxygen atoms in total. The van der Waals surface area contributed by atoms with Crippen LogP contribution in [0.3, 0.4) is 0 Å². The van der Waals surface area contributed by atoms with Gasteiger partial charge in [-0.1, -0.05) is 0 Å². The summed E-state index contributed by atoms with van der Waals surface area (Å²) in [6, 6.07) is 5.44. The van der Waals surface area contributed by atoms with Gasteiger partial charge in [0.2, 0.25) is 0 Å². The first-order valence-corrected chi connectivity index (χ1v) is 4.76. The van der Waals surface area contributed by atoms with Crippen LogP contribution in [0, 0.1) is 6.92 Å². The summed E-state index contributed by atoms with van der Waals surface area (Å²) >= 11 is 1.58. The molecule has 2 N–H and O–H groups in total. The van der Waals surface area contributed by atoms with Crippen LogP contribution in [0.1, 0.15) is 5.56 Å². The van der Waals surface area contributed by atoms with Crippen LogP contribution >= 0.6 is 11.8 Å². The van der Waals surface area contributed by atoms with Gasteiger partial charge in [-0.25, -0.2) is 0 Å². The number of hydrogen-bond donors (Lipinski definition) is 2. The first kappa shape index (κ1) is 9.42. The number of aliphatic hydroxyl groups is 1. The molecule has 66 valence electrons. The Bertz CT molecular complexity index is 261. The average Bonchev–Trinajstić information content (AvgIpc) is 2.07. The number of rotatable bonds is 3. The van der Waals surface area contributed by atoms with Crippen molar-refractivity contribution < 1.29 is 10.2 Å². The van der Waals surface area contributed by atoms with Crippen LogP contribution in [0.2, 0.25) is 0 Å². The highest BCUT2D eigenvalue weighted by Crippen LogP contribution is 2.23. The molecule has 1 aromatic carbocycles. The first-order chi connectivity index (χ1) is 5.74.